The Bertz CT molecular complexity index is 335. The van der Waals surface area contributed by atoms with E-state index >= 15 is 0 Å². The van der Waals surface area contributed by atoms with Crippen LogP contribution in [0.4, 0.5) is 11.6 Å². The highest BCUT2D eigenvalue weighted by molar-refractivity contribution is 9.10. The molecule has 0 radical (unpaired) electrons. The van der Waals surface area contributed by atoms with Gasteiger partial charge < -0.3 is 15.4 Å². The maximum Gasteiger partial charge on any atom is 0.146 e. The number of nitrogens with one attached hydrogen (secondary N) is 2. The molecular weight excluding hydrogens is 272 g/mol. The SMILES string of the molecule is CNc1ncnc(NC(C)CCOC)c1Br. The largest absolute Gasteiger partial charge is 0.385 e. The molecule has 0 aliphatic carbocycles. The molecule has 0 bridgehead atoms. The number of methoxy groups -OCH3 is 1. The zero-order valence-electron chi connectivity index (χ0n) is 9.75. The fourth-order valence-corrected chi connectivity index (χ4v) is 1.76. The Balaban J connectivity index is 2.66. The Morgan fingerprint density at radius 3 is 2.75 bits per heavy atom. The van der Waals surface area contributed by atoms with Gasteiger partial charge in [0.15, 0.2) is 0 Å². The normalized spacial score (nSPS) is 12.2. The molecule has 0 amide bonds. The first-order valence-electron chi connectivity index (χ1n) is 5.12. The van der Waals surface area contributed by atoms with Gasteiger partial charge in [0.1, 0.15) is 22.4 Å². The minimum atomic E-state index is 0.302. The number of ether oxygens (including phenoxy) is 1. The molecule has 0 aromatic carbocycles. The lowest BCUT2D eigenvalue weighted by molar-refractivity contribution is 0.191. The number of hydrogen-bond donors (Lipinski definition) is 2. The van der Waals surface area contributed by atoms with Gasteiger partial charge in [-0.25, -0.2) is 9.97 Å². The lowest BCUT2D eigenvalue weighted by Crippen LogP contribution is -2.18. The third-order valence-electron chi connectivity index (χ3n) is 2.16. The first kappa shape index (κ1) is 13.2. The van der Waals surface area contributed by atoms with E-state index in [1.165, 1.54) is 6.33 Å². The highest BCUT2D eigenvalue weighted by Gasteiger charge is 2.09. The minimum Gasteiger partial charge on any atom is -0.385 e. The van der Waals surface area contributed by atoms with Crippen LogP contribution < -0.4 is 10.6 Å². The minimum absolute atomic E-state index is 0.302. The molecule has 0 saturated heterocycles. The van der Waals surface area contributed by atoms with Gasteiger partial charge in [0.2, 0.25) is 0 Å². The quantitative estimate of drug-likeness (QED) is 0.840. The molecule has 1 atom stereocenters. The highest BCUT2D eigenvalue weighted by Crippen LogP contribution is 2.26. The summed E-state index contributed by atoms with van der Waals surface area (Å²) in [6, 6.07) is 0.302. The van der Waals surface area contributed by atoms with Crippen LogP contribution in [0.1, 0.15) is 13.3 Å². The molecule has 0 saturated carbocycles. The summed E-state index contributed by atoms with van der Waals surface area (Å²) in [4.78, 5) is 8.28. The Morgan fingerprint density at radius 1 is 1.44 bits per heavy atom. The van der Waals surface area contributed by atoms with Crippen LogP contribution in [0, 0.1) is 0 Å². The Labute approximate surface area is 104 Å². The molecule has 16 heavy (non-hydrogen) atoms. The number of anilines is 2. The molecule has 6 heteroatoms. The van der Waals surface area contributed by atoms with E-state index in [9.17, 15) is 0 Å². The third kappa shape index (κ3) is 3.61. The van der Waals surface area contributed by atoms with Crippen molar-refractivity contribution in [2.75, 3.05) is 31.4 Å². The molecule has 0 aliphatic heterocycles. The van der Waals surface area contributed by atoms with Crippen molar-refractivity contribution in [1.29, 1.82) is 0 Å². The van der Waals surface area contributed by atoms with Crippen molar-refractivity contribution in [2.45, 2.75) is 19.4 Å². The number of halogens is 1. The van der Waals surface area contributed by atoms with Crippen LogP contribution in [-0.2, 0) is 4.74 Å². The predicted molar refractivity (Wildman–Crippen MR) is 68.9 cm³/mol. The molecule has 1 unspecified atom stereocenters. The summed E-state index contributed by atoms with van der Waals surface area (Å²) < 4.78 is 5.88. The summed E-state index contributed by atoms with van der Waals surface area (Å²) in [5, 5.41) is 6.29. The van der Waals surface area contributed by atoms with Gasteiger partial charge in [-0.1, -0.05) is 0 Å². The van der Waals surface area contributed by atoms with Gasteiger partial charge in [0.05, 0.1) is 0 Å². The fourth-order valence-electron chi connectivity index (χ4n) is 1.24. The summed E-state index contributed by atoms with van der Waals surface area (Å²) in [6.07, 6.45) is 2.46. The Kier molecular flexibility index (Phi) is 5.48. The molecule has 1 aromatic rings. The molecule has 2 N–H and O–H groups in total. The van der Waals surface area contributed by atoms with E-state index in [4.69, 9.17) is 4.74 Å². The first-order chi connectivity index (χ1) is 7.69. The monoisotopic (exact) mass is 288 g/mol. The number of nitrogens with zero attached hydrogens (tertiary/aromatic N) is 2. The van der Waals surface area contributed by atoms with E-state index in [1.54, 1.807) is 7.11 Å². The van der Waals surface area contributed by atoms with Gasteiger partial charge in [-0.3, -0.25) is 0 Å². The van der Waals surface area contributed by atoms with Gasteiger partial charge in [-0.2, -0.15) is 0 Å². The molecule has 0 aliphatic rings. The molecule has 0 fully saturated rings. The van der Waals surface area contributed by atoms with Gasteiger partial charge in [-0.05, 0) is 29.3 Å². The Hall–Kier alpha value is -0.880. The summed E-state index contributed by atoms with van der Waals surface area (Å²) in [5.74, 6) is 1.57. The second-order valence-electron chi connectivity index (χ2n) is 3.46. The van der Waals surface area contributed by atoms with Crippen molar-refractivity contribution in [3.05, 3.63) is 10.8 Å². The molecule has 90 valence electrons. The van der Waals surface area contributed by atoms with Crippen molar-refractivity contribution < 1.29 is 4.74 Å². The second kappa shape index (κ2) is 6.65. The van der Waals surface area contributed by atoms with Crippen LogP contribution >= 0.6 is 15.9 Å². The lowest BCUT2D eigenvalue weighted by atomic mass is 10.2. The molecule has 1 rings (SSSR count). The van der Waals surface area contributed by atoms with E-state index < -0.39 is 0 Å². The molecule has 1 aromatic heterocycles. The van der Waals surface area contributed by atoms with Crippen molar-refractivity contribution >= 4 is 27.6 Å². The smallest absolute Gasteiger partial charge is 0.146 e. The van der Waals surface area contributed by atoms with Crippen LogP contribution in [0.2, 0.25) is 0 Å². The standard InChI is InChI=1S/C10H17BrN4O/c1-7(4-5-16-3)15-10-8(11)9(12-2)13-6-14-10/h6-7H,4-5H2,1-3H3,(H2,12,13,14,15). The molecule has 0 spiro atoms. The highest BCUT2D eigenvalue weighted by atomic mass is 79.9. The summed E-state index contributed by atoms with van der Waals surface area (Å²) in [5.41, 5.74) is 0. The van der Waals surface area contributed by atoms with Crippen molar-refractivity contribution in [3.63, 3.8) is 0 Å². The number of hydrogen-bond acceptors (Lipinski definition) is 5. The van der Waals surface area contributed by atoms with E-state index in [2.05, 4.69) is 43.5 Å². The van der Waals surface area contributed by atoms with Crippen LogP contribution in [0.25, 0.3) is 0 Å². The van der Waals surface area contributed by atoms with Crippen LogP contribution in [-0.4, -0.2) is 36.8 Å². The maximum atomic E-state index is 5.03. The fraction of sp³-hybridized carbons (Fsp3) is 0.600. The first-order valence-corrected chi connectivity index (χ1v) is 5.92. The van der Waals surface area contributed by atoms with Crippen LogP contribution in [0.15, 0.2) is 10.8 Å². The van der Waals surface area contributed by atoms with E-state index in [0.29, 0.717) is 6.04 Å². The average molecular weight is 289 g/mol. The maximum absolute atomic E-state index is 5.03. The third-order valence-corrected chi connectivity index (χ3v) is 2.92. The van der Waals surface area contributed by atoms with Gasteiger partial charge in [-0.15, -0.1) is 0 Å². The van der Waals surface area contributed by atoms with E-state index in [-0.39, 0.29) is 0 Å². The molecule has 1 heterocycles. The van der Waals surface area contributed by atoms with E-state index in [0.717, 1.165) is 29.1 Å². The van der Waals surface area contributed by atoms with Crippen molar-refractivity contribution in [2.24, 2.45) is 0 Å². The molecule has 5 nitrogen and oxygen atoms in total. The van der Waals surface area contributed by atoms with Crippen LogP contribution in [0.5, 0.6) is 0 Å². The van der Waals surface area contributed by atoms with Gasteiger partial charge in [0, 0.05) is 26.8 Å². The zero-order chi connectivity index (χ0) is 12.0. The summed E-state index contributed by atoms with van der Waals surface area (Å²) in [6.45, 7) is 2.82. The number of aromatic nitrogens is 2. The Morgan fingerprint density at radius 2 is 2.12 bits per heavy atom. The predicted octanol–water partition coefficient (Wildman–Crippen LogP) is 2.12. The topological polar surface area (TPSA) is 59.1 Å². The summed E-state index contributed by atoms with van der Waals surface area (Å²) >= 11 is 3.46. The second-order valence-corrected chi connectivity index (χ2v) is 4.25. The van der Waals surface area contributed by atoms with Crippen molar-refractivity contribution in [1.82, 2.24) is 9.97 Å². The van der Waals surface area contributed by atoms with Crippen LogP contribution in [0.3, 0.4) is 0 Å². The van der Waals surface area contributed by atoms with Gasteiger partial charge >= 0.3 is 0 Å². The van der Waals surface area contributed by atoms with E-state index in [1.807, 2.05) is 7.05 Å². The van der Waals surface area contributed by atoms with Gasteiger partial charge in [0.25, 0.3) is 0 Å². The molecular formula is C10H17BrN4O. The van der Waals surface area contributed by atoms with Crippen molar-refractivity contribution in [3.8, 4) is 0 Å². The summed E-state index contributed by atoms with van der Waals surface area (Å²) in [7, 11) is 3.53. The average Bonchev–Trinajstić information content (AvgIpc) is 2.29. The number of rotatable bonds is 6. The zero-order valence-corrected chi connectivity index (χ0v) is 11.3. The lowest BCUT2D eigenvalue weighted by Gasteiger charge is -2.15.